The maximum absolute atomic E-state index is 13.0. The van der Waals surface area contributed by atoms with Crippen LogP contribution < -0.4 is 5.32 Å². The van der Waals surface area contributed by atoms with Crippen LogP contribution >= 0.6 is 11.3 Å². The molecule has 1 fully saturated rings. The molecule has 3 rings (SSSR count). The fourth-order valence-electron chi connectivity index (χ4n) is 2.71. The van der Waals surface area contributed by atoms with Crippen LogP contribution in [0.2, 0.25) is 0 Å². The average molecular weight is 345 g/mol. The highest BCUT2D eigenvalue weighted by Gasteiger charge is 2.44. The minimum absolute atomic E-state index is 0.0137. The molecule has 24 heavy (non-hydrogen) atoms. The second-order valence-corrected chi connectivity index (χ2v) is 7.40. The summed E-state index contributed by atoms with van der Waals surface area (Å²) in [5, 5.41) is 13.5. The quantitative estimate of drug-likeness (QED) is 0.772. The third-order valence-corrected chi connectivity index (χ3v) is 5.31. The zero-order valence-electron chi connectivity index (χ0n) is 13.9. The van der Waals surface area contributed by atoms with E-state index in [9.17, 15) is 9.90 Å². The zero-order chi connectivity index (χ0) is 17.0. The topological polar surface area (TPSA) is 65.5 Å². The van der Waals surface area contributed by atoms with E-state index >= 15 is 0 Å². The van der Waals surface area contributed by atoms with E-state index in [2.05, 4.69) is 10.3 Å². The molecule has 1 aliphatic carbocycles. The molecule has 0 bridgehead atoms. The first-order valence-electron chi connectivity index (χ1n) is 8.29. The molecule has 0 saturated heterocycles. The molecule has 1 aromatic carbocycles. The van der Waals surface area contributed by atoms with Crippen LogP contribution in [0.25, 0.3) is 0 Å². The van der Waals surface area contributed by atoms with Gasteiger partial charge in [-0.05, 0) is 25.3 Å². The number of hydrogen-bond acceptors (Lipinski definition) is 5. The molecule has 1 saturated carbocycles. The second kappa shape index (κ2) is 7.32. The largest absolute Gasteiger partial charge is 0.396 e. The molecule has 2 aromatic rings. The minimum atomic E-state index is -0.111. The smallest absolute Gasteiger partial charge is 0.265 e. The Kier molecular flexibility index (Phi) is 5.16. The van der Waals surface area contributed by atoms with Crippen LogP contribution in [0.3, 0.4) is 0 Å². The number of aliphatic hydroxyl groups is 1. The van der Waals surface area contributed by atoms with Crippen LogP contribution in [0.15, 0.2) is 36.5 Å². The molecule has 1 heterocycles. The van der Waals surface area contributed by atoms with Crippen LogP contribution in [0.5, 0.6) is 0 Å². The molecule has 2 N–H and O–H groups in total. The highest BCUT2D eigenvalue weighted by Crippen LogP contribution is 2.46. The van der Waals surface area contributed by atoms with Crippen molar-refractivity contribution in [2.24, 2.45) is 5.41 Å². The van der Waals surface area contributed by atoms with Gasteiger partial charge in [-0.25, -0.2) is 4.98 Å². The number of thiazole rings is 1. The lowest BCUT2D eigenvalue weighted by molar-refractivity contribution is 0.0670. The lowest BCUT2D eigenvalue weighted by Crippen LogP contribution is -2.36. The van der Waals surface area contributed by atoms with Crippen molar-refractivity contribution >= 4 is 22.4 Å². The Morgan fingerprint density at radius 2 is 2.12 bits per heavy atom. The number of hydrogen-bond donors (Lipinski definition) is 2. The Hall–Kier alpha value is -1.92. The van der Waals surface area contributed by atoms with Crippen LogP contribution in [0, 0.1) is 5.41 Å². The zero-order valence-corrected chi connectivity index (χ0v) is 14.7. The van der Waals surface area contributed by atoms with Crippen LogP contribution in [0.1, 0.15) is 35.0 Å². The normalized spacial score (nSPS) is 15.1. The molecule has 0 unspecified atom stereocenters. The van der Waals surface area contributed by atoms with Crippen molar-refractivity contribution < 1.29 is 9.90 Å². The lowest BCUT2D eigenvalue weighted by Gasteiger charge is -2.26. The summed E-state index contributed by atoms with van der Waals surface area (Å²) in [6, 6.07) is 9.97. The van der Waals surface area contributed by atoms with Gasteiger partial charge in [0.1, 0.15) is 4.88 Å². The summed E-state index contributed by atoms with van der Waals surface area (Å²) < 4.78 is 0. The van der Waals surface area contributed by atoms with E-state index < -0.39 is 0 Å². The standard InChI is InChI=1S/C18H23N3O2S/c1-2-19-17-20-10-15(24-17)16(23)21(12-18(13-22)8-9-18)11-14-6-4-3-5-7-14/h3-7,10,22H,2,8-9,11-13H2,1H3,(H,19,20). The first-order chi connectivity index (χ1) is 11.7. The molecule has 1 aromatic heterocycles. The SMILES string of the molecule is CCNc1ncc(C(=O)N(Cc2ccccc2)CC2(CO)CC2)s1. The summed E-state index contributed by atoms with van der Waals surface area (Å²) in [5.41, 5.74) is 0.982. The molecule has 0 atom stereocenters. The maximum atomic E-state index is 13.0. The Morgan fingerprint density at radius 3 is 2.75 bits per heavy atom. The van der Waals surface area contributed by atoms with E-state index in [0.29, 0.717) is 18.0 Å². The number of nitrogens with one attached hydrogen (secondary N) is 1. The van der Waals surface area contributed by atoms with Crippen molar-refractivity contribution in [3.05, 3.63) is 47.0 Å². The molecule has 1 aliphatic rings. The van der Waals surface area contributed by atoms with Crippen molar-refractivity contribution in [2.45, 2.75) is 26.3 Å². The number of amides is 1. The summed E-state index contributed by atoms with van der Waals surface area (Å²) in [6.07, 6.45) is 3.60. The fourth-order valence-corrected chi connectivity index (χ4v) is 3.57. The Bertz CT molecular complexity index is 683. The maximum Gasteiger partial charge on any atom is 0.265 e. The number of rotatable bonds is 8. The van der Waals surface area contributed by atoms with E-state index in [4.69, 9.17) is 0 Å². The summed E-state index contributed by atoms with van der Waals surface area (Å²) in [4.78, 5) is 19.7. The van der Waals surface area contributed by atoms with Crippen LogP contribution in [-0.4, -0.2) is 40.6 Å². The molecular weight excluding hydrogens is 322 g/mol. The molecule has 0 aliphatic heterocycles. The number of aromatic nitrogens is 1. The lowest BCUT2D eigenvalue weighted by atomic mass is 10.1. The highest BCUT2D eigenvalue weighted by molar-refractivity contribution is 7.17. The third-order valence-electron chi connectivity index (χ3n) is 4.37. The summed E-state index contributed by atoms with van der Waals surface area (Å²) >= 11 is 1.38. The van der Waals surface area contributed by atoms with Gasteiger partial charge in [-0.1, -0.05) is 41.7 Å². The number of nitrogens with zero attached hydrogens (tertiary/aromatic N) is 2. The van der Waals surface area contributed by atoms with Crippen molar-refractivity contribution in [2.75, 3.05) is 25.0 Å². The van der Waals surface area contributed by atoms with E-state index in [1.165, 1.54) is 11.3 Å². The second-order valence-electron chi connectivity index (χ2n) is 6.36. The van der Waals surface area contributed by atoms with Gasteiger partial charge in [0.2, 0.25) is 0 Å². The summed E-state index contributed by atoms with van der Waals surface area (Å²) in [7, 11) is 0. The van der Waals surface area contributed by atoms with Gasteiger partial charge in [-0.2, -0.15) is 0 Å². The molecule has 128 valence electrons. The van der Waals surface area contributed by atoms with Gasteiger partial charge < -0.3 is 15.3 Å². The van der Waals surface area contributed by atoms with Gasteiger partial charge in [-0.15, -0.1) is 0 Å². The predicted octanol–water partition coefficient (Wildman–Crippen LogP) is 2.99. The van der Waals surface area contributed by atoms with E-state index in [1.54, 1.807) is 6.20 Å². The van der Waals surface area contributed by atoms with Gasteiger partial charge in [-0.3, -0.25) is 4.79 Å². The van der Waals surface area contributed by atoms with Crippen LogP contribution in [0.4, 0.5) is 5.13 Å². The predicted molar refractivity (Wildman–Crippen MR) is 96.2 cm³/mol. The monoisotopic (exact) mass is 345 g/mol. The first-order valence-corrected chi connectivity index (χ1v) is 9.11. The van der Waals surface area contributed by atoms with Gasteiger partial charge in [0.25, 0.3) is 5.91 Å². The molecule has 5 nitrogen and oxygen atoms in total. The molecule has 0 spiro atoms. The van der Waals surface area contributed by atoms with Gasteiger partial charge >= 0.3 is 0 Å². The molecule has 0 radical (unpaired) electrons. The van der Waals surface area contributed by atoms with Crippen molar-refractivity contribution in [3.63, 3.8) is 0 Å². The van der Waals surface area contributed by atoms with Gasteiger partial charge in [0.05, 0.1) is 12.8 Å². The number of anilines is 1. The van der Waals surface area contributed by atoms with E-state index in [0.717, 1.165) is 30.1 Å². The van der Waals surface area contributed by atoms with Crippen molar-refractivity contribution in [1.82, 2.24) is 9.88 Å². The van der Waals surface area contributed by atoms with E-state index in [-0.39, 0.29) is 17.9 Å². The summed E-state index contributed by atoms with van der Waals surface area (Å²) in [5.74, 6) is -0.0137. The molecule has 1 amide bonds. The Morgan fingerprint density at radius 1 is 1.38 bits per heavy atom. The summed E-state index contributed by atoms with van der Waals surface area (Å²) in [6.45, 7) is 4.06. The molecule has 6 heteroatoms. The minimum Gasteiger partial charge on any atom is -0.396 e. The van der Waals surface area contributed by atoms with Gasteiger partial charge in [0.15, 0.2) is 5.13 Å². The van der Waals surface area contributed by atoms with Crippen molar-refractivity contribution in [1.29, 1.82) is 0 Å². The van der Waals surface area contributed by atoms with E-state index in [1.807, 2.05) is 42.2 Å². The number of carbonyl (C=O) groups excluding carboxylic acids is 1. The fraction of sp³-hybridized carbons (Fsp3) is 0.444. The van der Waals surface area contributed by atoms with Crippen LogP contribution in [-0.2, 0) is 6.54 Å². The number of benzene rings is 1. The number of carbonyl (C=O) groups is 1. The van der Waals surface area contributed by atoms with Gasteiger partial charge in [0, 0.05) is 25.0 Å². The average Bonchev–Trinajstić information content (AvgIpc) is 3.23. The third kappa shape index (κ3) is 3.94. The highest BCUT2D eigenvalue weighted by atomic mass is 32.1. The Balaban J connectivity index is 1.78. The van der Waals surface area contributed by atoms with Crippen molar-refractivity contribution in [3.8, 4) is 0 Å². The first kappa shape index (κ1) is 16.9. The number of aliphatic hydroxyl groups excluding tert-OH is 1. The molecular formula is C18H23N3O2S. The Labute approximate surface area is 146 Å².